The van der Waals surface area contributed by atoms with Crippen molar-refractivity contribution in [3.05, 3.63) is 43.3 Å². The van der Waals surface area contributed by atoms with Crippen molar-refractivity contribution in [1.82, 2.24) is 20.1 Å². The molecule has 7 heteroatoms. The molecule has 0 saturated heterocycles. The van der Waals surface area contributed by atoms with Crippen LogP contribution in [0.25, 0.3) is 0 Å². The van der Waals surface area contributed by atoms with E-state index in [0.717, 1.165) is 10.7 Å². The van der Waals surface area contributed by atoms with Crippen LogP contribution in [0.2, 0.25) is 0 Å². The second-order valence-corrected chi connectivity index (χ2v) is 7.84. The van der Waals surface area contributed by atoms with Gasteiger partial charge >= 0.3 is 0 Å². The topological polar surface area (TPSA) is 76.9 Å². The molecule has 24 heavy (non-hydrogen) atoms. The van der Waals surface area contributed by atoms with Crippen LogP contribution in [0.5, 0.6) is 0 Å². The summed E-state index contributed by atoms with van der Waals surface area (Å²) in [6.45, 7) is 10.3. The maximum atomic E-state index is 12.4. The van der Waals surface area contributed by atoms with Crippen molar-refractivity contribution in [2.24, 2.45) is 7.05 Å². The Morgan fingerprint density at radius 3 is 2.58 bits per heavy atom. The quantitative estimate of drug-likeness (QED) is 0.918. The fourth-order valence-electron chi connectivity index (χ4n) is 2.26. The summed E-state index contributed by atoms with van der Waals surface area (Å²) >= 11 is 1.60. The van der Waals surface area contributed by atoms with E-state index in [4.69, 9.17) is 0 Å². The van der Waals surface area contributed by atoms with E-state index >= 15 is 0 Å². The molecule has 0 aliphatic carbocycles. The van der Waals surface area contributed by atoms with E-state index in [1.807, 2.05) is 0 Å². The maximum Gasteiger partial charge on any atom is 0.279 e. The first-order valence-corrected chi connectivity index (χ1v) is 8.77. The Morgan fingerprint density at radius 1 is 1.33 bits per heavy atom. The molecule has 0 aliphatic rings. The Bertz CT molecular complexity index is 815. The van der Waals surface area contributed by atoms with Gasteiger partial charge in [-0.1, -0.05) is 20.8 Å². The van der Waals surface area contributed by atoms with E-state index in [2.05, 4.69) is 41.6 Å². The molecule has 2 rings (SSSR count). The molecule has 0 unspecified atom stereocenters. The van der Waals surface area contributed by atoms with Crippen LogP contribution >= 0.6 is 11.3 Å². The smallest absolute Gasteiger partial charge is 0.279 e. The summed E-state index contributed by atoms with van der Waals surface area (Å²) in [5, 5.41) is 9.94. The highest BCUT2D eigenvalue weighted by molar-refractivity contribution is 7.09. The van der Waals surface area contributed by atoms with Gasteiger partial charge in [0.25, 0.3) is 11.5 Å². The number of amides is 1. The third kappa shape index (κ3) is 3.90. The van der Waals surface area contributed by atoms with Crippen LogP contribution in [0.15, 0.2) is 10.2 Å². The summed E-state index contributed by atoms with van der Waals surface area (Å²) in [5.74, 6) is -0.355. The predicted octanol–water partition coefficient (Wildman–Crippen LogP) is 2.12. The minimum absolute atomic E-state index is 0.0237. The van der Waals surface area contributed by atoms with Crippen LogP contribution in [0.3, 0.4) is 0 Å². The Labute approximate surface area is 145 Å². The molecular formula is C17H24N4O2S. The fraction of sp³-hybridized carbons (Fsp3) is 0.529. The number of nitrogens with one attached hydrogen (secondary N) is 1. The lowest BCUT2D eigenvalue weighted by molar-refractivity contribution is 0.0951. The van der Waals surface area contributed by atoms with Gasteiger partial charge in [0.1, 0.15) is 5.56 Å². The highest BCUT2D eigenvalue weighted by atomic mass is 32.1. The number of nitrogens with zero attached hydrogens (tertiary/aromatic N) is 3. The van der Waals surface area contributed by atoms with Gasteiger partial charge in [0.15, 0.2) is 0 Å². The minimum atomic E-state index is -0.375. The van der Waals surface area contributed by atoms with E-state index in [-0.39, 0.29) is 22.4 Å². The monoisotopic (exact) mass is 348 g/mol. The van der Waals surface area contributed by atoms with Gasteiger partial charge in [-0.15, -0.1) is 11.3 Å². The molecule has 1 N–H and O–H groups in total. The Kier molecular flexibility index (Phi) is 5.22. The van der Waals surface area contributed by atoms with Gasteiger partial charge in [-0.25, -0.2) is 9.67 Å². The van der Waals surface area contributed by atoms with E-state index in [0.29, 0.717) is 24.2 Å². The first kappa shape index (κ1) is 18.3. The Balaban J connectivity index is 2.05. The third-order valence-electron chi connectivity index (χ3n) is 3.90. The number of hydrogen-bond acceptors (Lipinski definition) is 5. The van der Waals surface area contributed by atoms with Crippen LogP contribution < -0.4 is 10.9 Å². The summed E-state index contributed by atoms with van der Waals surface area (Å²) in [6.07, 6.45) is 0.649. The van der Waals surface area contributed by atoms with Gasteiger partial charge in [0.2, 0.25) is 0 Å². The number of thiazole rings is 1. The van der Waals surface area contributed by atoms with Gasteiger partial charge < -0.3 is 5.32 Å². The summed E-state index contributed by atoms with van der Waals surface area (Å²) in [6, 6.07) is 0. The molecule has 0 aliphatic heterocycles. The molecule has 0 saturated carbocycles. The van der Waals surface area contributed by atoms with Gasteiger partial charge in [0.05, 0.1) is 16.4 Å². The Morgan fingerprint density at radius 2 is 2.00 bits per heavy atom. The molecule has 0 atom stereocenters. The number of aromatic nitrogens is 3. The highest BCUT2D eigenvalue weighted by Gasteiger charge is 2.19. The summed E-state index contributed by atoms with van der Waals surface area (Å²) in [5.41, 5.74) is 2.18. The predicted molar refractivity (Wildman–Crippen MR) is 95.8 cm³/mol. The largest absolute Gasteiger partial charge is 0.351 e. The molecule has 2 aromatic rings. The number of carbonyl (C=O) groups is 1. The van der Waals surface area contributed by atoms with E-state index < -0.39 is 0 Å². The second kappa shape index (κ2) is 6.84. The molecule has 0 bridgehead atoms. The maximum absolute atomic E-state index is 12.4. The van der Waals surface area contributed by atoms with Crippen molar-refractivity contribution >= 4 is 17.2 Å². The van der Waals surface area contributed by atoms with Crippen molar-refractivity contribution in [3.63, 3.8) is 0 Å². The van der Waals surface area contributed by atoms with Crippen molar-refractivity contribution in [2.75, 3.05) is 6.54 Å². The lowest BCUT2D eigenvalue weighted by Crippen LogP contribution is -2.35. The summed E-state index contributed by atoms with van der Waals surface area (Å²) < 4.78 is 1.20. The van der Waals surface area contributed by atoms with Crippen LogP contribution in [-0.2, 0) is 18.9 Å². The average molecular weight is 348 g/mol. The van der Waals surface area contributed by atoms with Gasteiger partial charge in [-0.3, -0.25) is 9.59 Å². The molecule has 2 heterocycles. The zero-order valence-electron chi connectivity index (χ0n) is 15.1. The van der Waals surface area contributed by atoms with Crippen molar-refractivity contribution < 1.29 is 4.79 Å². The SMILES string of the molecule is Cc1nn(C)c(=O)c(C(=O)NCCc2nc(C(C)(C)C)cs2)c1C. The van der Waals surface area contributed by atoms with Crippen LogP contribution in [0, 0.1) is 13.8 Å². The van der Waals surface area contributed by atoms with Crippen LogP contribution in [0.1, 0.15) is 53.1 Å². The zero-order valence-corrected chi connectivity index (χ0v) is 15.9. The molecule has 1 amide bonds. The van der Waals surface area contributed by atoms with E-state index in [1.54, 1.807) is 32.2 Å². The molecule has 2 aromatic heterocycles. The molecule has 6 nitrogen and oxygen atoms in total. The standard InChI is InChI=1S/C17H24N4O2S/c1-10-11(2)20-21(6)16(23)14(10)15(22)18-8-7-13-19-12(9-24-13)17(3,4)5/h9H,7-8H2,1-6H3,(H,18,22). The first-order valence-electron chi connectivity index (χ1n) is 7.89. The normalized spacial score (nSPS) is 11.6. The molecule has 0 fully saturated rings. The van der Waals surface area contributed by atoms with Crippen LogP contribution in [0.4, 0.5) is 0 Å². The molecule has 0 radical (unpaired) electrons. The third-order valence-corrected chi connectivity index (χ3v) is 4.81. The van der Waals surface area contributed by atoms with Crippen molar-refractivity contribution in [3.8, 4) is 0 Å². The number of hydrogen-bond donors (Lipinski definition) is 1. The van der Waals surface area contributed by atoms with Gasteiger partial charge in [0, 0.05) is 30.8 Å². The zero-order chi connectivity index (χ0) is 18.1. The Hall–Kier alpha value is -2.02. The van der Waals surface area contributed by atoms with Crippen molar-refractivity contribution in [1.29, 1.82) is 0 Å². The van der Waals surface area contributed by atoms with Gasteiger partial charge in [-0.05, 0) is 19.4 Å². The van der Waals surface area contributed by atoms with E-state index in [1.165, 1.54) is 4.68 Å². The van der Waals surface area contributed by atoms with Gasteiger partial charge in [-0.2, -0.15) is 5.10 Å². The molecular weight excluding hydrogens is 324 g/mol. The van der Waals surface area contributed by atoms with Crippen molar-refractivity contribution in [2.45, 2.75) is 46.5 Å². The molecule has 0 spiro atoms. The fourth-order valence-corrected chi connectivity index (χ4v) is 3.28. The van der Waals surface area contributed by atoms with Crippen LogP contribution in [-0.4, -0.2) is 27.2 Å². The minimum Gasteiger partial charge on any atom is -0.351 e. The summed E-state index contributed by atoms with van der Waals surface area (Å²) in [4.78, 5) is 29.1. The average Bonchev–Trinajstić information content (AvgIpc) is 2.94. The van der Waals surface area contributed by atoms with E-state index in [9.17, 15) is 9.59 Å². The molecule has 0 aromatic carbocycles. The highest BCUT2D eigenvalue weighted by Crippen LogP contribution is 2.23. The number of aryl methyl sites for hydroxylation is 2. The summed E-state index contributed by atoms with van der Waals surface area (Å²) in [7, 11) is 1.55. The number of rotatable bonds is 4. The molecule has 130 valence electrons. The lowest BCUT2D eigenvalue weighted by Gasteiger charge is -2.14. The first-order chi connectivity index (χ1) is 11.1. The second-order valence-electron chi connectivity index (χ2n) is 6.90. The lowest BCUT2D eigenvalue weighted by atomic mass is 9.93. The number of carbonyl (C=O) groups excluding carboxylic acids is 1.